The number of benzene rings is 2. The van der Waals surface area contributed by atoms with Crippen molar-refractivity contribution in [2.45, 2.75) is 20.4 Å². The number of hydrogen-bond donors (Lipinski definition) is 2. The maximum atomic E-state index is 11.9. The lowest BCUT2D eigenvalue weighted by atomic mass is 10.1. The van der Waals surface area contributed by atoms with Gasteiger partial charge in [0.15, 0.2) is 0 Å². The number of carbonyl (C=O) groups is 2. The van der Waals surface area contributed by atoms with Gasteiger partial charge < -0.3 is 10.6 Å². The van der Waals surface area contributed by atoms with Crippen LogP contribution in [-0.2, 0) is 16.1 Å². The molecule has 0 aliphatic carbocycles. The summed E-state index contributed by atoms with van der Waals surface area (Å²) in [6.45, 7) is 4.24. The van der Waals surface area contributed by atoms with Crippen LogP contribution in [0.5, 0.6) is 0 Å². The number of halogens is 2. The largest absolute Gasteiger partial charge is 0.344 e. The van der Waals surface area contributed by atoms with Gasteiger partial charge in [-0.15, -0.1) is 0 Å². The average molecular weight is 351 g/mol. The molecule has 0 bridgehead atoms. The van der Waals surface area contributed by atoms with E-state index in [9.17, 15) is 9.59 Å². The average Bonchev–Trinajstić information content (AvgIpc) is 2.50. The van der Waals surface area contributed by atoms with E-state index < -0.39 is 11.8 Å². The molecule has 2 aromatic carbocycles. The van der Waals surface area contributed by atoms with E-state index in [-0.39, 0.29) is 11.6 Å². The Balaban J connectivity index is 1.97. The molecule has 23 heavy (non-hydrogen) atoms. The van der Waals surface area contributed by atoms with Crippen molar-refractivity contribution in [3.8, 4) is 0 Å². The quantitative estimate of drug-likeness (QED) is 0.825. The first-order valence-corrected chi connectivity index (χ1v) is 7.73. The molecule has 4 nitrogen and oxygen atoms in total. The lowest BCUT2D eigenvalue weighted by Gasteiger charge is -2.10. The fourth-order valence-electron chi connectivity index (χ4n) is 2.08. The highest BCUT2D eigenvalue weighted by Crippen LogP contribution is 2.29. The second-order valence-electron chi connectivity index (χ2n) is 5.17. The summed E-state index contributed by atoms with van der Waals surface area (Å²) in [5, 5.41) is 5.53. The highest BCUT2D eigenvalue weighted by Gasteiger charge is 2.16. The van der Waals surface area contributed by atoms with Crippen LogP contribution in [0.3, 0.4) is 0 Å². The number of nitrogens with one attached hydrogen (secondary N) is 2. The molecule has 0 unspecified atom stereocenters. The smallest absolute Gasteiger partial charge is 0.313 e. The van der Waals surface area contributed by atoms with Gasteiger partial charge in [-0.1, -0.05) is 53.0 Å². The molecule has 120 valence electrons. The molecule has 2 N–H and O–H groups in total. The van der Waals surface area contributed by atoms with Crippen LogP contribution in [0.2, 0.25) is 10.0 Å². The normalized spacial score (nSPS) is 10.3. The van der Waals surface area contributed by atoms with Crippen LogP contribution in [0.15, 0.2) is 36.4 Å². The molecule has 0 radical (unpaired) electrons. The van der Waals surface area contributed by atoms with Gasteiger partial charge in [0.25, 0.3) is 0 Å². The number of aryl methyl sites for hydroxylation is 2. The highest BCUT2D eigenvalue weighted by molar-refractivity contribution is 6.45. The van der Waals surface area contributed by atoms with Gasteiger partial charge in [-0.2, -0.15) is 0 Å². The molecule has 0 aromatic heterocycles. The standard InChI is InChI=1S/C17H16Cl2N2O2/c1-10-6-7-12(11(2)8-10)9-20-16(22)17(23)21-14-5-3-4-13(18)15(14)19/h3-8H,9H2,1-2H3,(H,20,22)(H,21,23). The predicted molar refractivity (Wildman–Crippen MR) is 92.9 cm³/mol. The minimum Gasteiger partial charge on any atom is -0.344 e. The summed E-state index contributed by atoms with van der Waals surface area (Å²) >= 11 is 11.8. The summed E-state index contributed by atoms with van der Waals surface area (Å²) in [6, 6.07) is 10.7. The van der Waals surface area contributed by atoms with Crippen LogP contribution in [-0.4, -0.2) is 11.8 Å². The van der Waals surface area contributed by atoms with Crippen molar-refractivity contribution in [1.29, 1.82) is 0 Å². The fraction of sp³-hybridized carbons (Fsp3) is 0.176. The Morgan fingerprint density at radius 3 is 2.48 bits per heavy atom. The number of anilines is 1. The molecule has 2 aromatic rings. The van der Waals surface area contributed by atoms with Gasteiger partial charge in [0.05, 0.1) is 15.7 Å². The predicted octanol–water partition coefficient (Wildman–Crippen LogP) is 3.87. The molecule has 2 rings (SSSR count). The Kier molecular flexibility index (Phi) is 5.64. The minimum atomic E-state index is -0.793. The van der Waals surface area contributed by atoms with E-state index in [1.165, 1.54) is 0 Å². The summed E-state index contributed by atoms with van der Waals surface area (Å²) in [6.07, 6.45) is 0. The highest BCUT2D eigenvalue weighted by atomic mass is 35.5. The monoisotopic (exact) mass is 350 g/mol. The SMILES string of the molecule is Cc1ccc(CNC(=O)C(=O)Nc2cccc(Cl)c2Cl)c(C)c1. The molecule has 0 saturated carbocycles. The Morgan fingerprint density at radius 2 is 1.78 bits per heavy atom. The van der Waals surface area contributed by atoms with Crippen LogP contribution in [0.4, 0.5) is 5.69 Å². The summed E-state index contributed by atoms with van der Waals surface area (Å²) in [5.41, 5.74) is 3.46. The van der Waals surface area contributed by atoms with Gasteiger partial charge in [0.2, 0.25) is 0 Å². The van der Waals surface area contributed by atoms with Crippen LogP contribution in [0.1, 0.15) is 16.7 Å². The van der Waals surface area contributed by atoms with Gasteiger partial charge in [-0.25, -0.2) is 0 Å². The van der Waals surface area contributed by atoms with Crippen molar-refractivity contribution >= 4 is 40.7 Å². The van der Waals surface area contributed by atoms with Crippen molar-refractivity contribution in [2.75, 3.05) is 5.32 Å². The van der Waals surface area contributed by atoms with Crippen molar-refractivity contribution in [3.63, 3.8) is 0 Å². The van der Waals surface area contributed by atoms with E-state index in [1.807, 2.05) is 32.0 Å². The van der Waals surface area contributed by atoms with Gasteiger partial charge in [-0.05, 0) is 37.1 Å². The molecule has 6 heteroatoms. The van der Waals surface area contributed by atoms with Crippen LogP contribution < -0.4 is 10.6 Å². The van der Waals surface area contributed by atoms with Crippen LogP contribution >= 0.6 is 23.2 Å². The molecule has 0 aliphatic heterocycles. The van der Waals surface area contributed by atoms with Crippen molar-refractivity contribution < 1.29 is 9.59 Å². The summed E-state index contributed by atoms with van der Waals surface area (Å²) in [5.74, 6) is -1.53. The zero-order valence-electron chi connectivity index (χ0n) is 12.7. The number of rotatable bonds is 3. The molecule has 0 atom stereocenters. The van der Waals surface area contributed by atoms with E-state index >= 15 is 0 Å². The zero-order valence-corrected chi connectivity index (χ0v) is 14.3. The van der Waals surface area contributed by atoms with E-state index in [4.69, 9.17) is 23.2 Å². The molecule has 0 heterocycles. The second kappa shape index (κ2) is 7.49. The summed E-state index contributed by atoms with van der Waals surface area (Å²) in [4.78, 5) is 23.8. The first-order chi connectivity index (χ1) is 10.9. The summed E-state index contributed by atoms with van der Waals surface area (Å²) in [7, 11) is 0. The van der Waals surface area contributed by atoms with Crippen molar-refractivity contribution in [3.05, 3.63) is 63.1 Å². The third-order valence-electron chi connectivity index (χ3n) is 3.34. The van der Waals surface area contributed by atoms with Crippen molar-refractivity contribution in [2.24, 2.45) is 0 Å². The molecule has 0 aliphatic rings. The zero-order chi connectivity index (χ0) is 17.0. The van der Waals surface area contributed by atoms with Crippen LogP contribution in [0.25, 0.3) is 0 Å². The first kappa shape index (κ1) is 17.3. The first-order valence-electron chi connectivity index (χ1n) is 6.98. The molecule has 0 fully saturated rings. The van der Waals surface area contributed by atoms with Gasteiger partial charge in [0, 0.05) is 6.54 Å². The lowest BCUT2D eigenvalue weighted by molar-refractivity contribution is -0.136. The third-order valence-corrected chi connectivity index (χ3v) is 4.16. The Labute approximate surface area is 144 Å². The number of hydrogen-bond acceptors (Lipinski definition) is 2. The maximum absolute atomic E-state index is 11.9. The lowest BCUT2D eigenvalue weighted by Crippen LogP contribution is -2.35. The second-order valence-corrected chi connectivity index (χ2v) is 5.95. The molecule has 0 saturated heterocycles. The Morgan fingerprint density at radius 1 is 1.04 bits per heavy atom. The Bertz CT molecular complexity index is 760. The number of amides is 2. The molecule has 2 amide bonds. The van der Waals surface area contributed by atoms with Gasteiger partial charge in [0.1, 0.15) is 0 Å². The fourth-order valence-corrected chi connectivity index (χ4v) is 2.43. The van der Waals surface area contributed by atoms with Gasteiger partial charge in [-0.3, -0.25) is 9.59 Å². The van der Waals surface area contributed by atoms with E-state index in [1.54, 1.807) is 18.2 Å². The van der Waals surface area contributed by atoms with Crippen molar-refractivity contribution in [1.82, 2.24) is 5.32 Å². The number of carbonyl (C=O) groups excluding carboxylic acids is 2. The van der Waals surface area contributed by atoms with E-state index in [0.717, 1.165) is 16.7 Å². The van der Waals surface area contributed by atoms with Crippen LogP contribution in [0, 0.1) is 13.8 Å². The maximum Gasteiger partial charge on any atom is 0.313 e. The Hall–Kier alpha value is -2.04. The van der Waals surface area contributed by atoms with E-state index in [2.05, 4.69) is 10.6 Å². The minimum absolute atomic E-state index is 0.199. The topological polar surface area (TPSA) is 58.2 Å². The van der Waals surface area contributed by atoms with Gasteiger partial charge >= 0.3 is 11.8 Å². The molecule has 0 spiro atoms. The molecular weight excluding hydrogens is 335 g/mol. The third kappa shape index (κ3) is 4.47. The molecular formula is C17H16Cl2N2O2. The van der Waals surface area contributed by atoms with E-state index in [0.29, 0.717) is 10.7 Å². The summed E-state index contributed by atoms with van der Waals surface area (Å²) < 4.78 is 0.